The van der Waals surface area contributed by atoms with Crippen LogP contribution in [0.5, 0.6) is 0 Å². The molecule has 3 rings (SSSR count). The van der Waals surface area contributed by atoms with Crippen LogP contribution in [0.2, 0.25) is 0 Å². The van der Waals surface area contributed by atoms with E-state index in [-0.39, 0.29) is 23.6 Å². The predicted molar refractivity (Wildman–Crippen MR) is 130 cm³/mol. The van der Waals surface area contributed by atoms with Crippen molar-refractivity contribution in [3.8, 4) is 0 Å². The van der Waals surface area contributed by atoms with Gasteiger partial charge in [0, 0.05) is 30.6 Å². The Balaban J connectivity index is 1.70. The van der Waals surface area contributed by atoms with Crippen molar-refractivity contribution in [2.75, 3.05) is 13.1 Å². The minimum Gasteiger partial charge on any atom is -0.618 e. The Morgan fingerprint density at radius 2 is 2.00 bits per heavy atom. The molecule has 36 heavy (non-hydrogen) atoms. The number of aromatic nitrogens is 2. The second kappa shape index (κ2) is 11.6. The normalized spacial score (nSPS) is 17.9. The molecule has 2 atom stereocenters. The highest BCUT2D eigenvalue weighted by Crippen LogP contribution is 2.17. The second-order valence-corrected chi connectivity index (χ2v) is 11.1. The molecule has 1 aliphatic heterocycles. The number of aryl methyl sites for hydroxylation is 1. The van der Waals surface area contributed by atoms with Crippen molar-refractivity contribution in [3.63, 3.8) is 0 Å². The summed E-state index contributed by atoms with van der Waals surface area (Å²) < 4.78 is 27.1. The van der Waals surface area contributed by atoms with Gasteiger partial charge < -0.3 is 15.8 Å². The van der Waals surface area contributed by atoms with Gasteiger partial charge in [0.2, 0.25) is 5.91 Å². The standard InChI is InChI=1S/C24H31N5O6S/c1-16(2)13-20(27-23(31)18-10-9-17(3)25-14-18)24(32)26-19-7-6-11-28(15-21(19)30)36(34,35)22-8-4-5-12-29(22)33/h4-5,8-10,12,14,16,19-20H,6-7,11,13,15H2,1-3H3,(H,26,32)(H,27,31)/t19-,20-/m1/s1. The van der Waals surface area contributed by atoms with Gasteiger partial charge in [-0.05, 0) is 50.3 Å². The summed E-state index contributed by atoms with van der Waals surface area (Å²) in [7, 11) is -4.20. The number of carbonyl (C=O) groups is 3. The molecule has 12 heteroatoms. The average molecular weight is 518 g/mol. The van der Waals surface area contributed by atoms with Gasteiger partial charge in [-0.25, -0.2) is 8.42 Å². The van der Waals surface area contributed by atoms with E-state index in [4.69, 9.17) is 0 Å². The molecule has 0 aromatic carbocycles. The molecule has 2 aromatic heterocycles. The number of sulfonamides is 1. The highest BCUT2D eigenvalue weighted by molar-refractivity contribution is 7.89. The number of rotatable bonds is 8. The largest absolute Gasteiger partial charge is 0.618 e. The minimum absolute atomic E-state index is 0.0297. The lowest BCUT2D eigenvalue weighted by Crippen LogP contribution is -2.52. The monoisotopic (exact) mass is 517 g/mol. The molecule has 0 radical (unpaired) electrons. The molecular weight excluding hydrogens is 486 g/mol. The fraction of sp³-hybridized carbons (Fsp3) is 0.458. The number of Topliss-reactive ketones (excluding diaryl/α,β-unsaturated/α-hetero) is 1. The molecule has 11 nitrogen and oxygen atoms in total. The fourth-order valence-corrected chi connectivity index (χ4v) is 5.39. The first kappa shape index (κ1) is 27.2. The number of nitrogens with zero attached hydrogens (tertiary/aromatic N) is 3. The highest BCUT2D eigenvalue weighted by atomic mass is 32.2. The molecule has 2 N–H and O–H groups in total. The van der Waals surface area contributed by atoms with Crippen LogP contribution in [-0.2, 0) is 19.6 Å². The molecule has 0 bridgehead atoms. The number of carbonyl (C=O) groups excluding carboxylic acids is 3. The van der Waals surface area contributed by atoms with Crippen molar-refractivity contribution < 1.29 is 27.5 Å². The van der Waals surface area contributed by atoms with E-state index in [0.717, 1.165) is 16.2 Å². The Bertz CT molecular complexity index is 1220. The van der Waals surface area contributed by atoms with Crippen molar-refractivity contribution in [2.45, 2.75) is 57.1 Å². The zero-order valence-electron chi connectivity index (χ0n) is 20.5. The Kier molecular flexibility index (Phi) is 8.75. The predicted octanol–water partition coefficient (Wildman–Crippen LogP) is 0.707. The van der Waals surface area contributed by atoms with Gasteiger partial charge in [-0.15, -0.1) is 0 Å². The number of amides is 2. The van der Waals surface area contributed by atoms with Gasteiger partial charge in [-0.1, -0.05) is 13.8 Å². The smallest absolute Gasteiger partial charge is 0.323 e. The number of nitrogens with one attached hydrogen (secondary N) is 2. The maximum absolute atomic E-state index is 13.1. The molecule has 3 heterocycles. The van der Waals surface area contributed by atoms with Crippen molar-refractivity contribution in [1.82, 2.24) is 19.9 Å². The van der Waals surface area contributed by atoms with Crippen molar-refractivity contribution in [2.24, 2.45) is 5.92 Å². The van der Waals surface area contributed by atoms with Gasteiger partial charge in [0.05, 0.1) is 18.2 Å². The van der Waals surface area contributed by atoms with E-state index >= 15 is 0 Å². The SMILES string of the molecule is Cc1ccc(C(=O)N[C@H](CC(C)C)C(=O)N[C@@H]2CCCN(S(=O)(=O)c3cccc[n+]3[O-])CC2=O)cn1. The number of pyridine rings is 2. The van der Waals surface area contributed by atoms with Crippen LogP contribution in [0.25, 0.3) is 0 Å². The molecular formula is C24H31N5O6S. The number of ketones is 1. The minimum atomic E-state index is -4.20. The molecule has 0 spiro atoms. The van der Waals surface area contributed by atoms with Crippen LogP contribution in [0.4, 0.5) is 0 Å². The Morgan fingerprint density at radius 3 is 2.64 bits per heavy atom. The molecule has 2 aromatic rings. The van der Waals surface area contributed by atoms with Crippen LogP contribution in [0.15, 0.2) is 47.8 Å². The quantitative estimate of drug-likeness (QED) is 0.386. The zero-order valence-corrected chi connectivity index (χ0v) is 21.3. The number of hydrogen-bond acceptors (Lipinski definition) is 7. The zero-order chi connectivity index (χ0) is 26.5. The van der Waals surface area contributed by atoms with Crippen LogP contribution in [0.3, 0.4) is 0 Å². The molecule has 2 amide bonds. The summed E-state index contributed by atoms with van der Waals surface area (Å²) in [5.41, 5.74) is 1.06. The number of hydrogen-bond donors (Lipinski definition) is 2. The summed E-state index contributed by atoms with van der Waals surface area (Å²) in [6, 6.07) is 5.52. The second-order valence-electron chi connectivity index (χ2n) is 9.22. The molecule has 0 aliphatic carbocycles. The molecule has 1 fully saturated rings. The Labute approximate surface area is 210 Å². The van der Waals surface area contributed by atoms with E-state index in [1.54, 1.807) is 19.1 Å². The van der Waals surface area contributed by atoms with Crippen LogP contribution in [0.1, 0.15) is 49.2 Å². The van der Waals surface area contributed by atoms with Crippen molar-refractivity contribution in [3.05, 3.63) is 59.2 Å². The summed E-state index contributed by atoms with van der Waals surface area (Å²) in [6.45, 7) is 5.17. The summed E-state index contributed by atoms with van der Waals surface area (Å²) in [5.74, 6) is -1.39. The topological polar surface area (TPSA) is 152 Å². The first-order chi connectivity index (χ1) is 17.0. The summed E-state index contributed by atoms with van der Waals surface area (Å²) in [5, 5.41) is 16.9. The maximum Gasteiger partial charge on any atom is 0.323 e. The van der Waals surface area contributed by atoms with E-state index in [9.17, 15) is 28.0 Å². The highest BCUT2D eigenvalue weighted by Gasteiger charge is 2.37. The molecule has 1 saturated heterocycles. The van der Waals surface area contributed by atoms with Crippen molar-refractivity contribution >= 4 is 27.6 Å². The van der Waals surface area contributed by atoms with Crippen LogP contribution < -0.4 is 15.4 Å². The molecule has 0 unspecified atom stereocenters. The van der Waals surface area contributed by atoms with Gasteiger partial charge in [0.1, 0.15) is 6.04 Å². The van der Waals surface area contributed by atoms with Crippen molar-refractivity contribution in [1.29, 1.82) is 0 Å². The summed E-state index contributed by atoms with van der Waals surface area (Å²) in [6.07, 6.45) is 3.38. The van der Waals surface area contributed by atoms with Gasteiger partial charge in [0.15, 0.2) is 12.0 Å². The Morgan fingerprint density at radius 1 is 1.25 bits per heavy atom. The van der Waals surface area contributed by atoms with Crippen LogP contribution in [-0.4, -0.2) is 60.5 Å². The average Bonchev–Trinajstić information content (AvgIpc) is 3.00. The molecule has 194 valence electrons. The third-order valence-electron chi connectivity index (χ3n) is 5.83. The van der Waals surface area contributed by atoms with E-state index in [2.05, 4.69) is 15.6 Å². The van der Waals surface area contributed by atoms with Crippen LogP contribution >= 0.6 is 0 Å². The summed E-state index contributed by atoms with van der Waals surface area (Å²) >= 11 is 0. The van der Waals surface area contributed by atoms with Gasteiger partial charge >= 0.3 is 15.0 Å². The van der Waals surface area contributed by atoms with E-state index in [0.29, 0.717) is 18.4 Å². The fourth-order valence-electron chi connectivity index (χ4n) is 3.92. The van der Waals surface area contributed by atoms with E-state index < -0.39 is 51.3 Å². The summed E-state index contributed by atoms with van der Waals surface area (Å²) in [4.78, 5) is 42.8. The Hall–Kier alpha value is -3.38. The van der Waals surface area contributed by atoms with Crippen LogP contribution in [0, 0.1) is 18.0 Å². The van der Waals surface area contributed by atoms with Gasteiger partial charge in [-0.2, -0.15) is 9.04 Å². The molecule has 0 saturated carbocycles. The lowest BCUT2D eigenvalue weighted by Gasteiger charge is -2.23. The van der Waals surface area contributed by atoms with E-state index in [1.165, 1.54) is 24.4 Å². The van der Waals surface area contributed by atoms with Gasteiger partial charge in [0.25, 0.3) is 5.91 Å². The first-order valence-corrected chi connectivity index (χ1v) is 13.2. The first-order valence-electron chi connectivity index (χ1n) is 11.7. The third-order valence-corrected chi connectivity index (χ3v) is 7.67. The molecule has 1 aliphatic rings. The lowest BCUT2D eigenvalue weighted by atomic mass is 10.0. The van der Waals surface area contributed by atoms with E-state index in [1.807, 2.05) is 13.8 Å². The lowest BCUT2D eigenvalue weighted by molar-refractivity contribution is -0.646. The maximum atomic E-state index is 13.1. The van der Waals surface area contributed by atoms with Gasteiger partial charge in [-0.3, -0.25) is 19.4 Å². The third kappa shape index (κ3) is 6.64.